The van der Waals surface area contributed by atoms with E-state index in [1.54, 1.807) is 48.5 Å². The van der Waals surface area contributed by atoms with Crippen molar-refractivity contribution < 1.29 is 33.4 Å². The van der Waals surface area contributed by atoms with Crippen LogP contribution in [-0.4, -0.2) is 23.7 Å². The molecule has 0 N–H and O–H groups in total. The first-order valence-electron chi connectivity index (χ1n) is 12.7. The summed E-state index contributed by atoms with van der Waals surface area (Å²) < 4.78 is 15.8. The molecule has 0 fully saturated rings. The molecule has 0 unspecified atom stereocenters. The average molecular weight is 559 g/mol. The smallest absolute Gasteiger partial charge is 0.343 e. The van der Waals surface area contributed by atoms with E-state index < -0.39 is 17.9 Å². The number of carbonyl (C=O) groups is 4. The summed E-state index contributed by atoms with van der Waals surface area (Å²) in [5.74, 6) is -1.13. The summed E-state index contributed by atoms with van der Waals surface area (Å²) in [7, 11) is 0. The Balaban J connectivity index is 1.18. The molecule has 0 atom stereocenters. The molecule has 0 spiro atoms. The molecule has 0 aliphatic heterocycles. The van der Waals surface area contributed by atoms with Crippen LogP contribution in [0, 0.1) is 17.9 Å². The average Bonchev–Trinajstić information content (AvgIpc) is 3.02. The van der Waals surface area contributed by atoms with Gasteiger partial charge < -0.3 is 14.2 Å². The van der Waals surface area contributed by atoms with Crippen molar-refractivity contribution in [2.24, 2.45) is 0 Å². The number of carbonyl (C=O) groups excluding carboxylic acids is 4. The highest BCUT2D eigenvalue weighted by Crippen LogP contribution is 2.21. The highest BCUT2D eigenvalue weighted by atomic mass is 16.5. The van der Waals surface area contributed by atoms with Gasteiger partial charge in [-0.3, -0.25) is 14.4 Å². The van der Waals surface area contributed by atoms with Crippen LogP contribution in [0.4, 0.5) is 5.69 Å². The molecule has 0 aromatic heterocycles. The highest BCUT2D eigenvalue weighted by molar-refractivity contribution is 6.09. The van der Waals surface area contributed by atoms with Gasteiger partial charge in [0, 0.05) is 24.0 Å². The van der Waals surface area contributed by atoms with E-state index in [-0.39, 0.29) is 42.1 Å². The van der Waals surface area contributed by atoms with Crippen LogP contribution < -0.4 is 14.2 Å². The Hall–Kier alpha value is -6.06. The van der Waals surface area contributed by atoms with Gasteiger partial charge in [-0.2, -0.15) is 5.26 Å². The van der Waals surface area contributed by atoms with Crippen molar-refractivity contribution in [2.75, 3.05) is 0 Å². The van der Waals surface area contributed by atoms with E-state index in [0.29, 0.717) is 28.1 Å². The van der Waals surface area contributed by atoms with Crippen molar-refractivity contribution in [3.8, 4) is 23.3 Å². The SMILES string of the molecule is [C-]#[N+]c1ccc(OC(=O)c2ccc(OC(=O)CCCC(=O)Oc3ccc(C(=O)c4ccc(C#N)cc4)cc3)cc2)cc1. The number of ketones is 1. The molecule has 0 amide bonds. The molecule has 9 heteroatoms. The minimum Gasteiger partial charge on any atom is -0.427 e. The molecule has 4 aromatic carbocycles. The molecule has 0 bridgehead atoms. The largest absolute Gasteiger partial charge is 0.427 e. The van der Waals surface area contributed by atoms with Gasteiger partial charge >= 0.3 is 17.9 Å². The first kappa shape index (κ1) is 28.9. The van der Waals surface area contributed by atoms with E-state index in [1.165, 1.54) is 48.5 Å². The van der Waals surface area contributed by atoms with Crippen molar-refractivity contribution in [3.63, 3.8) is 0 Å². The number of esters is 3. The van der Waals surface area contributed by atoms with Crippen molar-refractivity contribution in [2.45, 2.75) is 19.3 Å². The van der Waals surface area contributed by atoms with Gasteiger partial charge in [0.25, 0.3) is 0 Å². The molecule has 4 rings (SSSR count). The van der Waals surface area contributed by atoms with Crippen LogP contribution in [0.25, 0.3) is 4.85 Å². The molecule has 0 aliphatic rings. The van der Waals surface area contributed by atoms with Crippen molar-refractivity contribution in [3.05, 3.63) is 131 Å². The predicted octanol–water partition coefficient (Wildman–Crippen LogP) is 6.24. The Morgan fingerprint density at radius 1 is 0.619 bits per heavy atom. The summed E-state index contributed by atoms with van der Waals surface area (Å²) in [6.45, 7) is 6.95. The maximum atomic E-state index is 12.6. The zero-order valence-electron chi connectivity index (χ0n) is 22.1. The fraction of sp³-hybridized carbons (Fsp3) is 0.0909. The lowest BCUT2D eigenvalue weighted by Crippen LogP contribution is -2.12. The van der Waals surface area contributed by atoms with Gasteiger partial charge in [0.1, 0.15) is 17.2 Å². The van der Waals surface area contributed by atoms with E-state index in [1.807, 2.05) is 6.07 Å². The van der Waals surface area contributed by atoms with Crippen molar-refractivity contribution in [1.29, 1.82) is 5.26 Å². The third-order valence-corrected chi connectivity index (χ3v) is 5.88. The van der Waals surface area contributed by atoms with Crippen molar-refractivity contribution in [1.82, 2.24) is 0 Å². The van der Waals surface area contributed by atoms with E-state index in [0.717, 1.165) is 0 Å². The van der Waals surface area contributed by atoms with Crippen LogP contribution in [-0.2, 0) is 9.59 Å². The molecule has 206 valence electrons. The second-order valence-corrected chi connectivity index (χ2v) is 8.86. The highest BCUT2D eigenvalue weighted by Gasteiger charge is 2.13. The van der Waals surface area contributed by atoms with Crippen LogP contribution in [0.1, 0.15) is 51.1 Å². The molecular formula is C33H22N2O7. The molecule has 0 heterocycles. The lowest BCUT2D eigenvalue weighted by Gasteiger charge is -2.07. The van der Waals surface area contributed by atoms with Gasteiger partial charge in [-0.15, -0.1) is 0 Å². The summed E-state index contributed by atoms with van der Waals surface area (Å²) in [4.78, 5) is 52.5. The van der Waals surface area contributed by atoms with Crippen LogP contribution in [0.15, 0.2) is 97.1 Å². The molecule has 9 nitrogen and oxygen atoms in total. The fourth-order valence-corrected chi connectivity index (χ4v) is 3.69. The Morgan fingerprint density at radius 3 is 1.52 bits per heavy atom. The summed E-state index contributed by atoms with van der Waals surface area (Å²) >= 11 is 0. The monoisotopic (exact) mass is 558 g/mol. The maximum Gasteiger partial charge on any atom is 0.343 e. The van der Waals surface area contributed by atoms with Crippen LogP contribution in [0.2, 0.25) is 0 Å². The summed E-state index contributed by atoms with van der Waals surface area (Å²) in [6, 6.07) is 26.3. The Bertz CT molecular complexity index is 1680. The third kappa shape index (κ3) is 7.98. The topological polar surface area (TPSA) is 124 Å². The van der Waals surface area contributed by atoms with E-state index >= 15 is 0 Å². The first-order valence-corrected chi connectivity index (χ1v) is 12.7. The number of benzene rings is 4. The Kier molecular flexibility index (Phi) is 9.53. The second-order valence-electron chi connectivity index (χ2n) is 8.86. The van der Waals surface area contributed by atoms with Gasteiger partial charge in [-0.05, 0) is 91.3 Å². The summed E-state index contributed by atoms with van der Waals surface area (Å²) in [5.41, 5.74) is 1.97. The molecular weight excluding hydrogens is 536 g/mol. The molecule has 0 aliphatic carbocycles. The summed E-state index contributed by atoms with van der Waals surface area (Å²) in [5, 5.41) is 8.88. The lowest BCUT2D eigenvalue weighted by atomic mass is 10.0. The van der Waals surface area contributed by atoms with Gasteiger partial charge in [-0.25, -0.2) is 9.64 Å². The Morgan fingerprint density at radius 2 is 1.05 bits per heavy atom. The van der Waals surface area contributed by atoms with Crippen LogP contribution in [0.5, 0.6) is 17.2 Å². The minimum atomic E-state index is -0.602. The predicted molar refractivity (Wildman–Crippen MR) is 150 cm³/mol. The second kappa shape index (κ2) is 13.8. The normalized spacial score (nSPS) is 10.0. The van der Waals surface area contributed by atoms with Gasteiger partial charge in [0.05, 0.1) is 23.8 Å². The zero-order chi connectivity index (χ0) is 29.9. The Labute approximate surface area is 241 Å². The summed E-state index contributed by atoms with van der Waals surface area (Å²) in [6.07, 6.45) is 0.143. The quantitative estimate of drug-likeness (QED) is 0.0970. The van der Waals surface area contributed by atoms with Crippen LogP contribution in [0.3, 0.4) is 0 Å². The van der Waals surface area contributed by atoms with Gasteiger partial charge in [-0.1, -0.05) is 12.1 Å². The zero-order valence-corrected chi connectivity index (χ0v) is 22.1. The minimum absolute atomic E-state index is 0.0251. The van der Waals surface area contributed by atoms with E-state index in [2.05, 4.69) is 4.85 Å². The standard InChI is InChI=1S/C33H22N2O7/c1-35-26-13-19-29(20-14-26)42-33(39)25-11-17-28(18-12-25)41-31(37)4-2-3-30(36)40-27-15-9-24(10-16-27)32(38)23-7-5-22(21-34)6-8-23/h5-20H,2-4H2. The molecule has 0 saturated heterocycles. The van der Waals surface area contributed by atoms with Gasteiger partial charge in [0.2, 0.25) is 0 Å². The number of ether oxygens (including phenoxy) is 3. The van der Waals surface area contributed by atoms with Crippen molar-refractivity contribution >= 4 is 29.4 Å². The van der Waals surface area contributed by atoms with E-state index in [9.17, 15) is 19.2 Å². The van der Waals surface area contributed by atoms with Gasteiger partial charge in [0.15, 0.2) is 11.5 Å². The first-order chi connectivity index (χ1) is 20.3. The number of rotatable bonds is 10. The fourth-order valence-electron chi connectivity index (χ4n) is 3.69. The van der Waals surface area contributed by atoms with E-state index in [4.69, 9.17) is 26.0 Å². The number of hydrogen-bond acceptors (Lipinski definition) is 8. The molecule has 0 saturated carbocycles. The molecule has 0 radical (unpaired) electrons. The maximum absolute atomic E-state index is 12.6. The third-order valence-electron chi connectivity index (χ3n) is 5.88. The molecule has 4 aromatic rings. The molecule has 42 heavy (non-hydrogen) atoms. The number of nitriles is 1. The lowest BCUT2D eigenvalue weighted by molar-refractivity contribution is -0.136. The number of hydrogen-bond donors (Lipinski definition) is 0. The van der Waals surface area contributed by atoms with Crippen LogP contribution >= 0.6 is 0 Å². The number of nitrogens with zero attached hydrogens (tertiary/aromatic N) is 2.